The van der Waals surface area contributed by atoms with E-state index in [1.54, 1.807) is 36.5 Å². The standard InChI is InChI=1S/C26H26ClN9O3.2C2HF3O2/c1-2-36-23-19(38-12-4-11-28)14-30-20(21(23)33-25(36)22-24(29)35-39-34-22)15-5-3-6-18(13-15)32-26(37)31-17-9-7-16(27)8-10-17;2*3-2(4,5)1(6)7/h3,5-10,13-14H,2,4,11-12,28H2,1H3,(H2,29,35)(H2,31,32,37);2*(H,6,7). The molecule has 2 aromatic carbocycles. The van der Waals surface area contributed by atoms with Crippen molar-refractivity contribution in [2.75, 3.05) is 29.5 Å². The number of carbonyl (C=O) groups is 3. The molecule has 0 bridgehead atoms. The number of nitrogens with zero attached hydrogens (tertiary/aromatic N) is 5. The SMILES string of the molecule is CCn1c(-c2nonc2N)nc2c(-c3cccc(NC(=O)Nc4ccc(Cl)cc4)c3)ncc(OCCCN)c21.O=C(O)C(F)(F)F.O=C(O)C(F)(F)F. The summed E-state index contributed by atoms with van der Waals surface area (Å²) in [4.78, 5) is 39.9. The van der Waals surface area contributed by atoms with Crippen LogP contribution in [0.4, 0.5) is 48.3 Å². The summed E-state index contributed by atoms with van der Waals surface area (Å²) in [5.74, 6) is -4.37. The monoisotopic (exact) mass is 775 g/mol. The number of nitrogens with two attached hydrogens (primary N) is 2. The maximum atomic E-state index is 12.6. The predicted molar refractivity (Wildman–Crippen MR) is 177 cm³/mol. The Kier molecular flexibility index (Phi) is 13.9. The van der Waals surface area contributed by atoms with Gasteiger partial charge in [0, 0.05) is 28.5 Å². The Morgan fingerprint density at radius 3 is 2.08 bits per heavy atom. The van der Waals surface area contributed by atoms with E-state index < -0.39 is 30.3 Å². The van der Waals surface area contributed by atoms with Crippen LogP contribution in [-0.4, -0.2) is 78.5 Å². The minimum absolute atomic E-state index is 0.123. The number of urea groups is 1. The van der Waals surface area contributed by atoms with Crippen molar-refractivity contribution in [1.29, 1.82) is 0 Å². The Morgan fingerprint density at radius 2 is 1.55 bits per heavy atom. The number of pyridine rings is 1. The van der Waals surface area contributed by atoms with E-state index in [9.17, 15) is 31.1 Å². The van der Waals surface area contributed by atoms with Crippen LogP contribution in [0.25, 0.3) is 33.8 Å². The van der Waals surface area contributed by atoms with E-state index in [1.165, 1.54) is 0 Å². The molecule has 284 valence electrons. The van der Waals surface area contributed by atoms with Crippen molar-refractivity contribution < 1.29 is 60.3 Å². The molecule has 0 saturated carbocycles. The van der Waals surface area contributed by atoms with Crippen LogP contribution < -0.4 is 26.8 Å². The number of aryl methyl sites for hydroxylation is 1. The molecule has 3 aromatic heterocycles. The van der Waals surface area contributed by atoms with Gasteiger partial charge < -0.3 is 41.6 Å². The summed E-state index contributed by atoms with van der Waals surface area (Å²) in [7, 11) is 0. The first kappa shape index (κ1) is 41.3. The molecule has 0 atom stereocenters. The molecule has 5 rings (SSSR count). The van der Waals surface area contributed by atoms with E-state index in [-0.39, 0.29) is 5.82 Å². The lowest BCUT2D eigenvalue weighted by molar-refractivity contribution is -0.193. The Bertz CT molecular complexity index is 2010. The van der Waals surface area contributed by atoms with Crippen LogP contribution in [-0.2, 0) is 16.1 Å². The Balaban J connectivity index is 0.000000458. The lowest BCUT2D eigenvalue weighted by Gasteiger charge is -2.12. The number of carbonyl (C=O) groups excluding carboxylic acids is 1. The van der Waals surface area contributed by atoms with Gasteiger partial charge in [0.2, 0.25) is 0 Å². The van der Waals surface area contributed by atoms with Crippen LogP contribution in [0.5, 0.6) is 5.75 Å². The quantitative estimate of drug-likeness (QED) is 0.0739. The zero-order valence-electron chi connectivity index (χ0n) is 27.0. The van der Waals surface area contributed by atoms with Crippen LogP contribution in [0.15, 0.2) is 59.4 Å². The number of hydrogen-bond donors (Lipinski definition) is 6. The second-order valence-electron chi connectivity index (χ2n) is 10.1. The summed E-state index contributed by atoms with van der Waals surface area (Å²) < 4.78 is 76.3. The first-order valence-electron chi connectivity index (χ1n) is 14.7. The lowest BCUT2D eigenvalue weighted by atomic mass is 10.1. The third kappa shape index (κ3) is 11.4. The average molecular weight is 776 g/mol. The normalized spacial score (nSPS) is 11.1. The van der Waals surface area contributed by atoms with Crippen molar-refractivity contribution in [3.05, 3.63) is 59.8 Å². The second kappa shape index (κ2) is 17.9. The zero-order chi connectivity index (χ0) is 39.5. The minimum atomic E-state index is -5.08. The van der Waals surface area contributed by atoms with Crippen molar-refractivity contribution in [1.82, 2.24) is 24.8 Å². The third-order valence-electron chi connectivity index (χ3n) is 6.37. The van der Waals surface area contributed by atoms with E-state index in [0.29, 0.717) is 71.0 Å². The molecule has 5 aromatic rings. The van der Waals surface area contributed by atoms with Crippen LogP contribution in [0.2, 0.25) is 5.02 Å². The molecule has 0 spiro atoms. The van der Waals surface area contributed by atoms with Gasteiger partial charge in [0.25, 0.3) is 0 Å². The molecule has 0 aliphatic carbocycles. The van der Waals surface area contributed by atoms with Gasteiger partial charge in [-0.2, -0.15) is 26.3 Å². The van der Waals surface area contributed by atoms with E-state index in [4.69, 9.17) is 57.2 Å². The Labute approximate surface area is 298 Å². The summed E-state index contributed by atoms with van der Waals surface area (Å²) >= 11 is 5.92. The summed E-state index contributed by atoms with van der Waals surface area (Å²) in [6.45, 7) is 3.44. The molecule has 0 unspecified atom stereocenters. The number of benzene rings is 2. The van der Waals surface area contributed by atoms with Gasteiger partial charge in [0.1, 0.15) is 11.0 Å². The number of nitrogens with one attached hydrogen (secondary N) is 2. The molecule has 8 N–H and O–H groups in total. The number of carboxylic acids is 2. The fraction of sp³-hybridized carbons (Fsp3) is 0.233. The van der Waals surface area contributed by atoms with E-state index in [2.05, 4.69) is 25.9 Å². The molecule has 0 aliphatic heterocycles. The molecule has 0 fully saturated rings. The number of anilines is 3. The van der Waals surface area contributed by atoms with Crippen LogP contribution in [0.1, 0.15) is 13.3 Å². The number of aromatic nitrogens is 5. The molecule has 2 amide bonds. The number of aliphatic carboxylic acids is 2. The van der Waals surface area contributed by atoms with Crippen LogP contribution in [0.3, 0.4) is 0 Å². The van der Waals surface area contributed by atoms with Gasteiger partial charge in [-0.1, -0.05) is 23.7 Å². The molecule has 53 heavy (non-hydrogen) atoms. The van der Waals surface area contributed by atoms with Gasteiger partial charge in [-0.3, -0.25) is 0 Å². The van der Waals surface area contributed by atoms with Gasteiger partial charge in [0.05, 0.1) is 18.5 Å². The Morgan fingerprint density at radius 1 is 0.943 bits per heavy atom. The number of rotatable bonds is 9. The second-order valence-corrected chi connectivity index (χ2v) is 10.5. The highest BCUT2D eigenvalue weighted by molar-refractivity contribution is 6.30. The number of alkyl halides is 6. The van der Waals surface area contributed by atoms with Gasteiger partial charge in [0.15, 0.2) is 23.1 Å². The largest absolute Gasteiger partial charge is 0.490 e. The maximum absolute atomic E-state index is 12.6. The van der Waals surface area contributed by atoms with Crippen molar-refractivity contribution in [3.63, 3.8) is 0 Å². The third-order valence-corrected chi connectivity index (χ3v) is 6.62. The number of ether oxygens (including phenoxy) is 1. The summed E-state index contributed by atoms with van der Waals surface area (Å²) in [6, 6.07) is 13.7. The Hall–Kier alpha value is -6.16. The fourth-order valence-corrected chi connectivity index (χ4v) is 4.23. The molecular formula is C30H28ClF6N9O7. The molecule has 23 heteroatoms. The first-order chi connectivity index (χ1) is 24.9. The van der Waals surface area contributed by atoms with Gasteiger partial charge in [-0.05, 0) is 66.6 Å². The summed E-state index contributed by atoms with van der Waals surface area (Å²) in [5.41, 5.74) is 15.8. The number of hydrogen-bond acceptors (Lipinski definition) is 11. The highest BCUT2D eigenvalue weighted by atomic mass is 35.5. The topological polar surface area (TPSA) is 247 Å². The molecular weight excluding hydrogens is 748 g/mol. The molecule has 16 nitrogen and oxygen atoms in total. The lowest BCUT2D eigenvalue weighted by Crippen LogP contribution is -2.21. The first-order valence-corrected chi connectivity index (χ1v) is 15.1. The van der Waals surface area contributed by atoms with Gasteiger partial charge >= 0.3 is 30.3 Å². The molecule has 3 heterocycles. The number of carboxylic acid groups (broad SMARTS) is 2. The number of fused-ring (bicyclic) bond motifs is 1. The number of nitrogen functional groups attached to an aromatic ring is 1. The molecule has 0 radical (unpaired) electrons. The average Bonchev–Trinajstić information content (AvgIpc) is 3.69. The predicted octanol–water partition coefficient (Wildman–Crippen LogP) is 6.04. The number of imidazole rings is 1. The zero-order valence-corrected chi connectivity index (χ0v) is 27.8. The van der Waals surface area contributed by atoms with Crippen molar-refractivity contribution >= 4 is 57.8 Å². The molecule has 0 aliphatic rings. The number of amides is 2. The maximum Gasteiger partial charge on any atom is 0.490 e. The van der Waals surface area contributed by atoms with Crippen molar-refractivity contribution in [3.8, 4) is 28.5 Å². The van der Waals surface area contributed by atoms with Gasteiger partial charge in [-0.15, -0.1) is 0 Å². The van der Waals surface area contributed by atoms with Crippen LogP contribution >= 0.6 is 11.6 Å². The van der Waals surface area contributed by atoms with Crippen LogP contribution in [0, 0.1) is 0 Å². The summed E-state index contributed by atoms with van der Waals surface area (Å²) in [5, 5.41) is 28.1. The van der Waals surface area contributed by atoms with E-state index in [0.717, 1.165) is 11.1 Å². The highest BCUT2D eigenvalue weighted by Gasteiger charge is 2.39. The number of halogens is 7. The van der Waals surface area contributed by atoms with Crippen molar-refractivity contribution in [2.24, 2.45) is 5.73 Å². The highest BCUT2D eigenvalue weighted by Crippen LogP contribution is 2.37. The molecule has 0 saturated heterocycles. The summed E-state index contributed by atoms with van der Waals surface area (Å²) in [6.07, 6.45) is -7.83. The van der Waals surface area contributed by atoms with E-state index >= 15 is 0 Å². The van der Waals surface area contributed by atoms with Crippen molar-refractivity contribution in [2.45, 2.75) is 32.2 Å². The fourth-order valence-electron chi connectivity index (χ4n) is 4.11. The van der Waals surface area contributed by atoms with E-state index in [1.807, 2.05) is 29.7 Å². The smallest absolute Gasteiger partial charge is 0.490 e. The minimum Gasteiger partial charge on any atom is -0.490 e. The van der Waals surface area contributed by atoms with Gasteiger partial charge in [-0.25, -0.2) is 29.0 Å².